The van der Waals surface area contributed by atoms with Gasteiger partial charge in [-0.2, -0.15) is 0 Å². The van der Waals surface area contributed by atoms with Crippen LogP contribution in [-0.4, -0.2) is 34.1 Å². The van der Waals surface area contributed by atoms with Crippen LogP contribution in [0.3, 0.4) is 0 Å². The molecule has 2 saturated carbocycles. The second-order valence-electron chi connectivity index (χ2n) is 20.3. The van der Waals surface area contributed by atoms with Crippen LogP contribution in [0.2, 0.25) is 42.3 Å². The summed E-state index contributed by atoms with van der Waals surface area (Å²) in [7, 11) is -0.155. The average molecular weight is 680 g/mol. The van der Waals surface area contributed by atoms with E-state index in [1.54, 1.807) is 62.0 Å². The molecule has 4 heteroatoms. The summed E-state index contributed by atoms with van der Waals surface area (Å²) in [6.07, 6.45) is 18.4. The van der Waals surface area contributed by atoms with Gasteiger partial charge in [-0.05, 0) is 0 Å². The van der Waals surface area contributed by atoms with Crippen LogP contribution < -0.4 is 15.9 Å². The molecule has 1 spiro atoms. The van der Waals surface area contributed by atoms with Crippen molar-refractivity contribution in [2.45, 2.75) is 154 Å². The van der Waals surface area contributed by atoms with E-state index in [1.165, 1.54) is 72.5 Å². The molecule has 1 N–H and O–H groups in total. The van der Waals surface area contributed by atoms with Gasteiger partial charge in [0.05, 0.1) is 0 Å². The molecule has 10 saturated heterocycles. The third kappa shape index (κ3) is 0.791. The Morgan fingerprint density at radius 3 is 1.78 bits per heavy atom. The minimum atomic E-state index is -4.03. The molecule has 0 amide bonds. The summed E-state index contributed by atoms with van der Waals surface area (Å²) in [6.45, 7) is 4.19. The molecule has 2 aliphatic carbocycles. The number of hydrogen-bond acceptors (Lipinski definition) is 1. The van der Waals surface area contributed by atoms with Gasteiger partial charge >= 0.3 is 266 Å². The van der Waals surface area contributed by atoms with E-state index in [1.807, 2.05) is 0 Å². The van der Waals surface area contributed by atoms with Gasteiger partial charge in [0.25, 0.3) is 0 Å². The predicted octanol–water partition coefficient (Wildman–Crippen LogP) is 11.1. The van der Waals surface area contributed by atoms with E-state index in [0.29, 0.717) is 0 Å². The summed E-state index contributed by atoms with van der Waals surface area (Å²) in [4.78, 5) is 9.26. The zero-order valence-corrected chi connectivity index (χ0v) is 30.6. The van der Waals surface area contributed by atoms with Gasteiger partial charge in [0.2, 0.25) is 0 Å². The first-order valence-corrected chi connectivity index (χ1v) is 28.6. The second kappa shape index (κ2) is 4.76. The van der Waals surface area contributed by atoms with Crippen LogP contribution >= 0.6 is 15.8 Å². The van der Waals surface area contributed by atoms with Gasteiger partial charge < -0.3 is 0 Å². The van der Waals surface area contributed by atoms with Gasteiger partial charge in [0, 0.05) is 0 Å². The van der Waals surface area contributed by atoms with E-state index in [0.717, 1.165) is 29.7 Å². The van der Waals surface area contributed by atoms with E-state index < -0.39 is 6.51 Å². The first kappa shape index (κ1) is 25.7. The van der Waals surface area contributed by atoms with Crippen molar-refractivity contribution in [3.8, 4) is 0 Å². The summed E-state index contributed by atoms with van der Waals surface area (Å²) in [5, 5.41) is 7.90. The molecule has 45 heavy (non-hydrogen) atoms. The van der Waals surface area contributed by atoms with E-state index >= 15 is 0 Å². The van der Waals surface area contributed by atoms with Gasteiger partial charge in [-0.15, -0.1) is 0 Å². The molecule has 0 radical (unpaired) electrons. The number of unbranched alkanes of at least 4 members (excludes halogenated alkanes) is 1. The molecule has 10 atom stereocenters. The summed E-state index contributed by atoms with van der Waals surface area (Å²) in [5.74, 6) is 0. The van der Waals surface area contributed by atoms with Crippen molar-refractivity contribution in [1.82, 2.24) is 5.32 Å². The van der Waals surface area contributed by atoms with Gasteiger partial charge in [-0.25, -0.2) is 0 Å². The quantitative estimate of drug-likeness (QED) is 0.134. The van der Waals surface area contributed by atoms with E-state index in [2.05, 4.69) is 79.8 Å². The van der Waals surface area contributed by atoms with Gasteiger partial charge in [0.15, 0.2) is 0 Å². The van der Waals surface area contributed by atoms with Crippen molar-refractivity contribution in [1.29, 1.82) is 0 Å². The molecule has 10 heterocycles. The Labute approximate surface area is 265 Å². The van der Waals surface area contributed by atoms with Crippen LogP contribution in [0.5, 0.6) is 0 Å². The van der Waals surface area contributed by atoms with Crippen molar-refractivity contribution in [2.75, 3.05) is 13.1 Å². The fraction of sp³-hybridized carbons (Fsp3) is 0.707. The van der Waals surface area contributed by atoms with Crippen LogP contribution in [0.15, 0.2) is 60.7 Å². The van der Waals surface area contributed by atoms with Gasteiger partial charge in [0.1, 0.15) is 0 Å². The number of hydrogen-bond donors (Lipinski definition) is 1. The molecule has 0 bridgehead atoms. The Balaban J connectivity index is 1.03. The Hall–Kier alpha value is -0.221. The molecule has 14 rings (SSSR count). The molecular weight excluding hydrogens is 624 g/mol. The third-order valence-corrected chi connectivity index (χ3v) is 79.2. The SMILES string of the molecule is CCCCNC[C]12[CH]3[CH]4[CH]5[CH]1[Fe]45321678[CH]2[CH]1[C]6(P(c1ccccc1)c1ccccc1)[C@@]7(C(C)P(C1CCCCC1)C1CCCCC1)[CH]28. The van der Waals surface area contributed by atoms with Gasteiger partial charge in [-0.1, -0.05) is 0 Å². The van der Waals surface area contributed by atoms with Crippen LogP contribution in [0, 0.1) is 0 Å². The number of fused-ring (bicyclic) bond motifs is 10. The summed E-state index contributed by atoms with van der Waals surface area (Å²) in [5.41, 5.74) is 3.32. The predicted molar refractivity (Wildman–Crippen MR) is 191 cm³/mol. The van der Waals surface area contributed by atoms with Crippen molar-refractivity contribution >= 4 is 26.5 Å². The molecule has 2 aromatic carbocycles. The van der Waals surface area contributed by atoms with Crippen LogP contribution in [-0.2, 0) is 6.51 Å². The zero-order valence-electron chi connectivity index (χ0n) is 27.7. The topological polar surface area (TPSA) is 12.0 Å². The molecule has 10 aliphatic heterocycles. The average Bonchev–Trinajstić information content (AvgIpc) is 4.05. The van der Waals surface area contributed by atoms with E-state index in [9.17, 15) is 0 Å². The second-order valence-corrected chi connectivity index (χ2v) is 49.2. The Morgan fingerprint density at radius 2 is 1.29 bits per heavy atom. The van der Waals surface area contributed by atoms with E-state index in [4.69, 9.17) is 0 Å². The summed E-state index contributed by atoms with van der Waals surface area (Å²) >= 11 is 0. The van der Waals surface area contributed by atoms with Gasteiger partial charge in [-0.3, -0.25) is 0 Å². The minimum absolute atomic E-state index is 0.125. The summed E-state index contributed by atoms with van der Waals surface area (Å²) in [6, 6.07) is 24.9. The van der Waals surface area contributed by atoms with Crippen molar-refractivity contribution in [2.24, 2.45) is 0 Å². The molecular formula is C41H55FeNP2. The molecule has 0 aromatic heterocycles. The number of rotatable bonds is 12. The van der Waals surface area contributed by atoms with Crippen LogP contribution in [0.4, 0.5) is 0 Å². The maximum absolute atomic E-state index is 4.30. The fourth-order valence-corrected chi connectivity index (χ4v) is 127. The summed E-state index contributed by atoms with van der Waals surface area (Å²) < 4.78 is 2.58. The normalized spacial score (nSPS) is 61.6. The maximum atomic E-state index is 4.30. The van der Waals surface area contributed by atoms with Crippen molar-refractivity contribution in [3.63, 3.8) is 0 Å². The van der Waals surface area contributed by atoms with Crippen molar-refractivity contribution in [3.05, 3.63) is 60.7 Å². The molecule has 1 nitrogen and oxygen atoms in total. The zero-order chi connectivity index (χ0) is 29.6. The molecule has 9 unspecified atom stereocenters. The number of nitrogens with one attached hydrogen (secondary N) is 1. The monoisotopic (exact) mass is 679 g/mol. The Kier molecular flexibility index (Phi) is 2.72. The standard InChI is InChI=1S/C31H39P2.C10H16N.Fe/c1-25(32(26-15-6-2-7-16-26)27-17-8-3-9-18-27)30-23-14-24-31(30)33(28-19-10-4-11-20-28)29-21-12-5-13-22-29;1-2-3-8-11-9-10-6-4-5-7-10;/h4-5,10-14,19-27H,2-3,6-9,15-18H2,1H3;4-7,11H,2-3,8-9H2,1H3;. The molecule has 12 aliphatic rings. The third-order valence-electron chi connectivity index (χ3n) is 23.8. The van der Waals surface area contributed by atoms with Crippen molar-refractivity contribution < 1.29 is 6.51 Å². The first-order valence-electron chi connectivity index (χ1n) is 19.6. The Morgan fingerprint density at radius 1 is 0.733 bits per heavy atom. The molecule has 12 fully saturated rings. The fourth-order valence-electron chi connectivity index (χ4n) is 25.9. The molecule has 242 valence electrons. The number of benzene rings is 2. The molecule has 2 aromatic rings. The van der Waals surface area contributed by atoms with Crippen LogP contribution in [0.25, 0.3) is 0 Å². The van der Waals surface area contributed by atoms with Crippen LogP contribution in [0.1, 0.15) is 90.9 Å². The first-order chi connectivity index (χ1) is 22.0. The Bertz CT molecular complexity index is 2020. The van der Waals surface area contributed by atoms with E-state index in [-0.39, 0.29) is 15.8 Å².